The van der Waals surface area contributed by atoms with Crippen LogP contribution in [0, 0.1) is 0 Å². The zero-order valence-electron chi connectivity index (χ0n) is 22.2. The van der Waals surface area contributed by atoms with Crippen LogP contribution in [0.3, 0.4) is 0 Å². The fourth-order valence-electron chi connectivity index (χ4n) is 2.66. The fourth-order valence-corrected chi connectivity index (χ4v) is 2.66. The summed E-state index contributed by atoms with van der Waals surface area (Å²) in [4.78, 5) is 0. The number of hydrogen-bond acceptors (Lipinski definition) is 10. The molecule has 37 heavy (non-hydrogen) atoms. The second-order valence-electron chi connectivity index (χ2n) is 7.42. The quantitative estimate of drug-likeness (QED) is 0.109. The summed E-state index contributed by atoms with van der Waals surface area (Å²) in [6.07, 6.45) is 1.71. The molecule has 0 heterocycles. The Morgan fingerprint density at radius 3 is 1.03 bits per heavy atom. The highest BCUT2D eigenvalue weighted by atomic mass is 16.6. The zero-order valence-corrected chi connectivity index (χ0v) is 22.2. The van der Waals surface area contributed by atoms with Gasteiger partial charge in [0.15, 0.2) is 0 Å². The Bertz CT molecular complexity index is 576. The van der Waals surface area contributed by atoms with Gasteiger partial charge >= 0.3 is 0 Å². The van der Waals surface area contributed by atoms with E-state index >= 15 is 0 Å². The zero-order chi connectivity index (χ0) is 26.3. The Balaban J connectivity index is 1.63. The highest BCUT2D eigenvalue weighted by Gasteiger charge is 1.96. The lowest BCUT2D eigenvalue weighted by molar-refractivity contribution is -0.0250. The third kappa shape index (κ3) is 25.8. The Morgan fingerprint density at radius 1 is 0.405 bits per heavy atom. The fraction of sp³-hybridized carbons (Fsp3) is 0.704. The topological polar surface area (TPSA) is 92.3 Å². The number of benzene rings is 1. The summed E-state index contributed by atoms with van der Waals surface area (Å²) in [7, 11) is 0. The van der Waals surface area contributed by atoms with Crippen LogP contribution in [0.2, 0.25) is 0 Å². The SMILES string of the molecule is C=CCOCCOCCOCCOCCOCCOCCOCCOCCOCCOc1ccccc1. The van der Waals surface area contributed by atoms with Crippen molar-refractivity contribution in [2.45, 2.75) is 0 Å². The Labute approximate surface area is 222 Å². The minimum absolute atomic E-state index is 0.521. The van der Waals surface area contributed by atoms with Crippen LogP contribution in [0.5, 0.6) is 5.75 Å². The second-order valence-corrected chi connectivity index (χ2v) is 7.42. The van der Waals surface area contributed by atoms with Crippen LogP contribution in [0.25, 0.3) is 0 Å². The minimum atomic E-state index is 0.521. The van der Waals surface area contributed by atoms with Crippen molar-refractivity contribution in [3.63, 3.8) is 0 Å². The van der Waals surface area contributed by atoms with Gasteiger partial charge < -0.3 is 47.4 Å². The number of rotatable bonds is 30. The summed E-state index contributed by atoms with van der Waals surface area (Å²) >= 11 is 0. The molecule has 0 aliphatic rings. The van der Waals surface area contributed by atoms with Crippen molar-refractivity contribution in [1.29, 1.82) is 0 Å². The lowest BCUT2D eigenvalue weighted by Crippen LogP contribution is -2.15. The van der Waals surface area contributed by atoms with Gasteiger partial charge in [-0.05, 0) is 12.1 Å². The Hall–Kier alpha value is -1.60. The van der Waals surface area contributed by atoms with Crippen LogP contribution in [0.4, 0.5) is 0 Å². The van der Waals surface area contributed by atoms with Crippen molar-refractivity contribution in [2.24, 2.45) is 0 Å². The molecule has 1 aromatic rings. The van der Waals surface area contributed by atoms with Crippen molar-refractivity contribution < 1.29 is 47.4 Å². The first-order chi connectivity index (χ1) is 18.4. The maximum Gasteiger partial charge on any atom is 0.119 e. The Kier molecular flexibility index (Phi) is 26.2. The van der Waals surface area contributed by atoms with E-state index in [1.54, 1.807) is 6.08 Å². The molecule has 10 heteroatoms. The molecule has 0 N–H and O–H groups in total. The van der Waals surface area contributed by atoms with Gasteiger partial charge in [0.1, 0.15) is 12.4 Å². The number of hydrogen-bond donors (Lipinski definition) is 0. The van der Waals surface area contributed by atoms with Crippen molar-refractivity contribution in [3.05, 3.63) is 43.0 Å². The van der Waals surface area contributed by atoms with Gasteiger partial charge in [-0.25, -0.2) is 0 Å². The average Bonchev–Trinajstić information content (AvgIpc) is 2.93. The highest BCUT2D eigenvalue weighted by molar-refractivity contribution is 5.20. The molecule has 0 bridgehead atoms. The lowest BCUT2D eigenvalue weighted by atomic mass is 10.3. The van der Waals surface area contributed by atoms with E-state index < -0.39 is 0 Å². The number of ether oxygens (including phenoxy) is 10. The van der Waals surface area contributed by atoms with Gasteiger partial charge in [-0.15, -0.1) is 6.58 Å². The highest BCUT2D eigenvalue weighted by Crippen LogP contribution is 2.07. The molecular weight excluding hydrogens is 484 g/mol. The molecule has 1 aromatic carbocycles. The van der Waals surface area contributed by atoms with Gasteiger partial charge in [0, 0.05) is 0 Å². The van der Waals surface area contributed by atoms with Crippen LogP contribution in [-0.2, 0) is 42.6 Å². The normalized spacial score (nSPS) is 11.1. The molecular formula is C27H46O10. The molecule has 0 fully saturated rings. The van der Waals surface area contributed by atoms with Gasteiger partial charge in [0.2, 0.25) is 0 Å². The van der Waals surface area contributed by atoms with Crippen LogP contribution in [-0.4, -0.2) is 126 Å². The van der Waals surface area contributed by atoms with Crippen LogP contribution in [0.1, 0.15) is 0 Å². The predicted molar refractivity (Wildman–Crippen MR) is 140 cm³/mol. The van der Waals surface area contributed by atoms with Gasteiger partial charge in [-0.1, -0.05) is 24.3 Å². The molecule has 0 spiro atoms. The third-order valence-electron chi connectivity index (χ3n) is 4.45. The molecule has 0 atom stereocenters. The monoisotopic (exact) mass is 530 g/mol. The first-order valence-corrected chi connectivity index (χ1v) is 12.9. The maximum atomic E-state index is 5.54. The van der Waals surface area contributed by atoms with Gasteiger partial charge in [-0.3, -0.25) is 0 Å². The van der Waals surface area contributed by atoms with E-state index in [0.29, 0.717) is 126 Å². The molecule has 1 rings (SSSR count). The summed E-state index contributed by atoms with van der Waals surface area (Å²) in [6.45, 7) is 13.7. The first-order valence-electron chi connectivity index (χ1n) is 12.9. The van der Waals surface area contributed by atoms with E-state index in [0.717, 1.165) is 5.75 Å². The lowest BCUT2D eigenvalue weighted by Gasteiger charge is -2.09. The summed E-state index contributed by atoms with van der Waals surface area (Å²) in [6, 6.07) is 9.67. The third-order valence-corrected chi connectivity index (χ3v) is 4.45. The molecule has 0 amide bonds. The van der Waals surface area contributed by atoms with E-state index in [9.17, 15) is 0 Å². The van der Waals surface area contributed by atoms with Crippen molar-refractivity contribution in [3.8, 4) is 5.75 Å². The summed E-state index contributed by atoms with van der Waals surface area (Å²) < 4.78 is 54.3. The van der Waals surface area contributed by atoms with Crippen molar-refractivity contribution in [1.82, 2.24) is 0 Å². The molecule has 0 saturated carbocycles. The van der Waals surface area contributed by atoms with Gasteiger partial charge in [0.05, 0.1) is 119 Å². The van der Waals surface area contributed by atoms with E-state index in [-0.39, 0.29) is 0 Å². The molecule has 0 saturated heterocycles. The maximum absolute atomic E-state index is 5.54. The molecule has 0 aliphatic heterocycles. The van der Waals surface area contributed by atoms with E-state index in [4.69, 9.17) is 47.4 Å². The number of para-hydroxylation sites is 1. The van der Waals surface area contributed by atoms with Gasteiger partial charge in [0.25, 0.3) is 0 Å². The first kappa shape index (κ1) is 33.4. The Morgan fingerprint density at radius 2 is 0.703 bits per heavy atom. The molecule has 0 aliphatic carbocycles. The van der Waals surface area contributed by atoms with Crippen molar-refractivity contribution in [2.75, 3.05) is 126 Å². The summed E-state index contributed by atoms with van der Waals surface area (Å²) in [5.41, 5.74) is 0. The van der Waals surface area contributed by atoms with Crippen molar-refractivity contribution >= 4 is 0 Å². The van der Waals surface area contributed by atoms with Crippen LogP contribution in [0.15, 0.2) is 43.0 Å². The minimum Gasteiger partial charge on any atom is -0.491 e. The smallest absolute Gasteiger partial charge is 0.119 e. The van der Waals surface area contributed by atoms with Crippen LogP contribution >= 0.6 is 0 Å². The van der Waals surface area contributed by atoms with Crippen LogP contribution < -0.4 is 4.74 Å². The summed E-state index contributed by atoms with van der Waals surface area (Å²) in [5, 5.41) is 0. The largest absolute Gasteiger partial charge is 0.491 e. The molecule has 0 radical (unpaired) electrons. The molecule has 0 aromatic heterocycles. The predicted octanol–water partition coefficient (Wildman–Crippen LogP) is 2.40. The molecule has 0 unspecified atom stereocenters. The average molecular weight is 531 g/mol. The standard InChI is InChI=1S/C27H46O10/c1-2-8-28-9-10-29-11-12-30-13-14-31-15-16-32-17-18-33-19-20-34-21-22-35-23-24-36-25-26-37-27-6-4-3-5-7-27/h2-7H,1,8-26H2. The van der Waals surface area contributed by atoms with E-state index in [1.807, 2.05) is 30.3 Å². The van der Waals surface area contributed by atoms with E-state index in [2.05, 4.69) is 6.58 Å². The molecule has 214 valence electrons. The second kappa shape index (κ2) is 29.0. The molecule has 10 nitrogen and oxygen atoms in total. The summed E-state index contributed by atoms with van der Waals surface area (Å²) in [5.74, 6) is 0.846. The van der Waals surface area contributed by atoms with Gasteiger partial charge in [-0.2, -0.15) is 0 Å². The van der Waals surface area contributed by atoms with E-state index in [1.165, 1.54) is 0 Å².